The van der Waals surface area contributed by atoms with E-state index in [0.29, 0.717) is 6.10 Å². The zero-order valence-electron chi connectivity index (χ0n) is 11.6. The molecule has 1 saturated heterocycles. The van der Waals surface area contributed by atoms with Gasteiger partial charge in [-0.05, 0) is 37.1 Å². The lowest BCUT2D eigenvalue weighted by Gasteiger charge is -2.19. The predicted octanol–water partition coefficient (Wildman–Crippen LogP) is 1.72. The lowest BCUT2D eigenvalue weighted by Crippen LogP contribution is -2.24. The Bertz CT molecular complexity index is 395. The van der Waals surface area contributed by atoms with Crippen LogP contribution in [-0.4, -0.2) is 37.8 Å². The van der Waals surface area contributed by atoms with E-state index in [1.54, 1.807) is 7.11 Å². The standard InChI is InChI=1S/C14H23N3O/c1-4-15-8-12-7-11(2)14(16-9-12)17-6-5-13(10-17)18-3/h7,9,13,15H,4-6,8,10H2,1-3H3. The Morgan fingerprint density at radius 3 is 3.00 bits per heavy atom. The summed E-state index contributed by atoms with van der Waals surface area (Å²) in [5.74, 6) is 1.11. The van der Waals surface area contributed by atoms with Gasteiger partial charge in [-0.25, -0.2) is 4.98 Å². The van der Waals surface area contributed by atoms with Crippen molar-refractivity contribution in [1.82, 2.24) is 10.3 Å². The summed E-state index contributed by atoms with van der Waals surface area (Å²) in [4.78, 5) is 6.93. The first-order valence-electron chi connectivity index (χ1n) is 6.68. The number of hydrogen-bond donors (Lipinski definition) is 1. The number of pyridine rings is 1. The van der Waals surface area contributed by atoms with E-state index in [2.05, 4.69) is 35.1 Å². The molecule has 1 N–H and O–H groups in total. The number of hydrogen-bond acceptors (Lipinski definition) is 4. The van der Waals surface area contributed by atoms with Crippen molar-refractivity contribution < 1.29 is 4.74 Å². The van der Waals surface area contributed by atoms with Gasteiger partial charge in [0.2, 0.25) is 0 Å². The number of aromatic nitrogens is 1. The van der Waals surface area contributed by atoms with Gasteiger partial charge in [-0.1, -0.05) is 6.92 Å². The quantitative estimate of drug-likeness (QED) is 0.862. The van der Waals surface area contributed by atoms with Gasteiger partial charge in [0, 0.05) is 32.9 Å². The molecule has 0 saturated carbocycles. The first-order valence-corrected chi connectivity index (χ1v) is 6.68. The maximum absolute atomic E-state index is 5.40. The molecule has 0 aliphatic carbocycles. The average molecular weight is 249 g/mol. The summed E-state index contributed by atoms with van der Waals surface area (Å²) in [5.41, 5.74) is 2.50. The third kappa shape index (κ3) is 3.00. The summed E-state index contributed by atoms with van der Waals surface area (Å²) in [6.07, 6.45) is 3.43. The Morgan fingerprint density at radius 2 is 2.39 bits per heavy atom. The Balaban J connectivity index is 2.05. The van der Waals surface area contributed by atoms with E-state index in [9.17, 15) is 0 Å². The Labute approximate surface area is 109 Å². The van der Waals surface area contributed by atoms with Crippen molar-refractivity contribution in [1.29, 1.82) is 0 Å². The number of rotatable bonds is 5. The summed E-state index contributed by atoms with van der Waals surface area (Å²) in [7, 11) is 1.79. The van der Waals surface area contributed by atoms with Crippen molar-refractivity contribution in [3.8, 4) is 0 Å². The number of anilines is 1. The van der Waals surface area contributed by atoms with Gasteiger partial charge in [-0.2, -0.15) is 0 Å². The lowest BCUT2D eigenvalue weighted by molar-refractivity contribution is 0.121. The smallest absolute Gasteiger partial charge is 0.131 e. The van der Waals surface area contributed by atoms with Crippen LogP contribution in [0.15, 0.2) is 12.3 Å². The second-order valence-corrected chi connectivity index (χ2v) is 4.86. The molecule has 4 heteroatoms. The van der Waals surface area contributed by atoms with Crippen LogP contribution in [0.2, 0.25) is 0 Å². The summed E-state index contributed by atoms with van der Waals surface area (Å²) in [5, 5.41) is 3.32. The SMILES string of the molecule is CCNCc1cnc(N2CCC(OC)C2)c(C)c1. The fourth-order valence-electron chi connectivity index (χ4n) is 2.44. The highest BCUT2D eigenvalue weighted by atomic mass is 16.5. The Hall–Kier alpha value is -1.13. The minimum Gasteiger partial charge on any atom is -0.380 e. The van der Waals surface area contributed by atoms with E-state index in [1.807, 2.05) is 6.20 Å². The Kier molecular flexibility index (Phi) is 4.55. The summed E-state index contributed by atoms with van der Waals surface area (Å²) in [6, 6.07) is 2.23. The average Bonchev–Trinajstić information content (AvgIpc) is 2.85. The topological polar surface area (TPSA) is 37.4 Å². The Morgan fingerprint density at radius 1 is 1.56 bits per heavy atom. The lowest BCUT2D eigenvalue weighted by atomic mass is 10.2. The number of methoxy groups -OCH3 is 1. The van der Waals surface area contributed by atoms with Crippen LogP contribution in [0.4, 0.5) is 5.82 Å². The molecule has 1 fully saturated rings. The van der Waals surface area contributed by atoms with Crippen molar-refractivity contribution in [2.45, 2.75) is 32.9 Å². The molecule has 0 bridgehead atoms. The van der Waals surface area contributed by atoms with Crippen LogP contribution < -0.4 is 10.2 Å². The van der Waals surface area contributed by atoms with Crippen molar-refractivity contribution >= 4 is 5.82 Å². The first-order chi connectivity index (χ1) is 8.74. The minimum atomic E-state index is 0.354. The van der Waals surface area contributed by atoms with E-state index >= 15 is 0 Å². The third-order valence-electron chi connectivity index (χ3n) is 3.46. The van der Waals surface area contributed by atoms with Gasteiger partial charge < -0.3 is 15.0 Å². The molecule has 0 spiro atoms. The molecule has 0 radical (unpaired) electrons. The van der Waals surface area contributed by atoms with Gasteiger partial charge in [0.05, 0.1) is 6.10 Å². The molecule has 1 atom stereocenters. The van der Waals surface area contributed by atoms with Crippen molar-refractivity contribution in [2.24, 2.45) is 0 Å². The van der Waals surface area contributed by atoms with Crippen LogP contribution in [0.5, 0.6) is 0 Å². The van der Waals surface area contributed by atoms with Crippen LogP contribution in [0.3, 0.4) is 0 Å². The molecule has 1 aliphatic rings. The van der Waals surface area contributed by atoms with Gasteiger partial charge >= 0.3 is 0 Å². The summed E-state index contributed by atoms with van der Waals surface area (Å²) < 4.78 is 5.40. The predicted molar refractivity (Wildman–Crippen MR) is 74.0 cm³/mol. The van der Waals surface area contributed by atoms with E-state index < -0.39 is 0 Å². The molecular formula is C14H23N3O. The zero-order valence-corrected chi connectivity index (χ0v) is 11.6. The number of nitrogens with zero attached hydrogens (tertiary/aromatic N) is 2. The summed E-state index contributed by atoms with van der Waals surface area (Å²) in [6.45, 7) is 8.13. The summed E-state index contributed by atoms with van der Waals surface area (Å²) >= 11 is 0. The highest BCUT2D eigenvalue weighted by Gasteiger charge is 2.24. The molecule has 4 nitrogen and oxygen atoms in total. The minimum absolute atomic E-state index is 0.354. The van der Waals surface area contributed by atoms with Crippen LogP contribution in [0.25, 0.3) is 0 Å². The second kappa shape index (κ2) is 6.16. The van der Waals surface area contributed by atoms with Crippen LogP contribution >= 0.6 is 0 Å². The molecule has 100 valence electrons. The first kappa shape index (κ1) is 13.3. The third-order valence-corrected chi connectivity index (χ3v) is 3.46. The maximum atomic E-state index is 5.40. The van der Waals surface area contributed by atoms with E-state index in [1.165, 1.54) is 11.1 Å². The van der Waals surface area contributed by atoms with E-state index in [4.69, 9.17) is 4.74 Å². The van der Waals surface area contributed by atoms with Crippen LogP contribution in [-0.2, 0) is 11.3 Å². The highest BCUT2D eigenvalue weighted by Crippen LogP contribution is 2.23. The van der Waals surface area contributed by atoms with Crippen LogP contribution in [0.1, 0.15) is 24.5 Å². The maximum Gasteiger partial charge on any atom is 0.131 e. The van der Waals surface area contributed by atoms with Gasteiger partial charge in [-0.3, -0.25) is 0 Å². The number of aryl methyl sites for hydroxylation is 1. The van der Waals surface area contributed by atoms with Gasteiger partial charge in [0.25, 0.3) is 0 Å². The zero-order chi connectivity index (χ0) is 13.0. The largest absolute Gasteiger partial charge is 0.380 e. The molecular weight excluding hydrogens is 226 g/mol. The fourth-order valence-corrected chi connectivity index (χ4v) is 2.44. The monoisotopic (exact) mass is 249 g/mol. The van der Waals surface area contributed by atoms with Gasteiger partial charge in [0.1, 0.15) is 5.82 Å². The highest BCUT2D eigenvalue weighted by molar-refractivity contribution is 5.48. The molecule has 1 aromatic heterocycles. The van der Waals surface area contributed by atoms with Crippen molar-refractivity contribution in [2.75, 3.05) is 31.6 Å². The fraction of sp³-hybridized carbons (Fsp3) is 0.643. The van der Waals surface area contributed by atoms with Crippen molar-refractivity contribution in [3.63, 3.8) is 0 Å². The number of ether oxygens (including phenoxy) is 1. The van der Waals surface area contributed by atoms with Crippen molar-refractivity contribution in [3.05, 3.63) is 23.4 Å². The second-order valence-electron chi connectivity index (χ2n) is 4.86. The molecule has 1 aliphatic heterocycles. The van der Waals surface area contributed by atoms with Gasteiger partial charge in [-0.15, -0.1) is 0 Å². The normalized spacial score (nSPS) is 19.5. The van der Waals surface area contributed by atoms with Crippen LogP contribution in [0, 0.1) is 6.92 Å². The molecule has 1 aromatic rings. The van der Waals surface area contributed by atoms with Gasteiger partial charge in [0.15, 0.2) is 0 Å². The molecule has 0 aromatic carbocycles. The molecule has 0 amide bonds. The van der Waals surface area contributed by atoms with E-state index in [0.717, 1.165) is 38.4 Å². The molecule has 2 heterocycles. The van der Waals surface area contributed by atoms with E-state index in [-0.39, 0.29) is 0 Å². The molecule has 2 rings (SSSR count). The molecule has 1 unspecified atom stereocenters. The molecule has 18 heavy (non-hydrogen) atoms. The number of nitrogens with one attached hydrogen (secondary N) is 1.